The standard InChI is InChI=1S/C26H32N4O3/c1-20(26(31)27-22-10-12-23(13-11-22)30-15-17-32-18-16-30)29(2)14-6-9-24-19-25(28-33-24)21-7-4-3-5-8-21/h3-5,7-8,10-13,19-20H,6,9,14-18H2,1-2H3,(H,27,31). The fraction of sp³-hybridized carbons (Fsp3) is 0.385. The maximum Gasteiger partial charge on any atom is 0.241 e. The van der Waals surface area contributed by atoms with Crippen molar-refractivity contribution in [3.8, 4) is 11.3 Å². The van der Waals surface area contributed by atoms with Crippen LogP contribution in [0.3, 0.4) is 0 Å². The van der Waals surface area contributed by atoms with Gasteiger partial charge in [0.25, 0.3) is 0 Å². The molecule has 3 aromatic rings. The van der Waals surface area contributed by atoms with Crippen molar-refractivity contribution in [3.63, 3.8) is 0 Å². The van der Waals surface area contributed by atoms with Gasteiger partial charge in [0.1, 0.15) is 11.5 Å². The van der Waals surface area contributed by atoms with Crippen molar-refractivity contribution in [1.29, 1.82) is 0 Å². The van der Waals surface area contributed by atoms with Gasteiger partial charge in [-0.3, -0.25) is 9.69 Å². The lowest BCUT2D eigenvalue weighted by atomic mass is 10.1. The Morgan fingerprint density at radius 2 is 1.85 bits per heavy atom. The lowest BCUT2D eigenvalue weighted by Crippen LogP contribution is -2.40. The van der Waals surface area contributed by atoms with Crippen LogP contribution in [0.25, 0.3) is 11.3 Å². The van der Waals surface area contributed by atoms with Crippen LogP contribution in [-0.4, -0.2) is 61.9 Å². The number of nitrogens with zero attached hydrogens (tertiary/aromatic N) is 3. The van der Waals surface area contributed by atoms with E-state index in [4.69, 9.17) is 9.26 Å². The molecule has 174 valence electrons. The van der Waals surface area contributed by atoms with Crippen molar-refractivity contribution < 1.29 is 14.1 Å². The second-order valence-electron chi connectivity index (χ2n) is 8.44. The Hall–Kier alpha value is -3.16. The predicted molar refractivity (Wildman–Crippen MR) is 130 cm³/mol. The van der Waals surface area contributed by atoms with Gasteiger partial charge in [-0.1, -0.05) is 35.5 Å². The first-order chi connectivity index (χ1) is 16.1. The Morgan fingerprint density at radius 3 is 2.58 bits per heavy atom. The van der Waals surface area contributed by atoms with Crippen molar-refractivity contribution in [3.05, 3.63) is 66.4 Å². The quantitative estimate of drug-likeness (QED) is 0.532. The largest absolute Gasteiger partial charge is 0.378 e. The Labute approximate surface area is 195 Å². The molecule has 1 aliphatic rings. The molecule has 1 amide bonds. The third kappa shape index (κ3) is 6.21. The number of rotatable bonds is 9. The second-order valence-corrected chi connectivity index (χ2v) is 8.44. The third-order valence-corrected chi connectivity index (χ3v) is 6.11. The number of benzene rings is 2. The number of carbonyl (C=O) groups is 1. The minimum atomic E-state index is -0.237. The van der Waals surface area contributed by atoms with Crippen LogP contribution in [0.5, 0.6) is 0 Å². The molecule has 7 heteroatoms. The van der Waals surface area contributed by atoms with Gasteiger partial charge < -0.3 is 19.5 Å². The van der Waals surface area contributed by atoms with Gasteiger partial charge in [-0.05, 0) is 51.2 Å². The number of hydrogen-bond acceptors (Lipinski definition) is 6. The zero-order chi connectivity index (χ0) is 23.0. The molecular formula is C26H32N4O3. The smallest absolute Gasteiger partial charge is 0.241 e. The molecule has 1 fully saturated rings. The van der Waals surface area contributed by atoms with Gasteiger partial charge in [-0.2, -0.15) is 0 Å². The molecule has 0 spiro atoms. The molecule has 33 heavy (non-hydrogen) atoms. The molecule has 0 aliphatic carbocycles. The fourth-order valence-electron chi connectivity index (χ4n) is 3.90. The van der Waals surface area contributed by atoms with Crippen LogP contribution >= 0.6 is 0 Å². The molecule has 7 nitrogen and oxygen atoms in total. The number of ether oxygens (including phenoxy) is 1. The third-order valence-electron chi connectivity index (χ3n) is 6.11. The minimum absolute atomic E-state index is 0.0114. The van der Waals surface area contributed by atoms with Gasteiger partial charge in [0.15, 0.2) is 0 Å². The number of nitrogens with one attached hydrogen (secondary N) is 1. The van der Waals surface area contributed by atoms with E-state index in [1.165, 1.54) is 0 Å². The van der Waals surface area contributed by atoms with Gasteiger partial charge >= 0.3 is 0 Å². The summed E-state index contributed by atoms with van der Waals surface area (Å²) in [5.74, 6) is 0.849. The van der Waals surface area contributed by atoms with Crippen LogP contribution in [-0.2, 0) is 16.0 Å². The number of likely N-dealkylation sites (N-methyl/N-ethyl adjacent to an activating group) is 1. The molecule has 0 saturated carbocycles. The first kappa shape index (κ1) is 23.0. The molecule has 4 rings (SSSR count). The highest BCUT2D eigenvalue weighted by Gasteiger charge is 2.18. The molecule has 0 bridgehead atoms. The maximum atomic E-state index is 12.7. The Balaban J connectivity index is 1.22. The molecule has 1 N–H and O–H groups in total. The molecule has 1 unspecified atom stereocenters. The zero-order valence-corrected chi connectivity index (χ0v) is 19.4. The molecule has 1 atom stereocenters. The number of aromatic nitrogens is 1. The molecular weight excluding hydrogens is 416 g/mol. The SMILES string of the molecule is CC(C(=O)Nc1ccc(N2CCOCC2)cc1)N(C)CCCc1cc(-c2ccccc2)no1. The van der Waals surface area contributed by atoms with Crippen molar-refractivity contribution >= 4 is 17.3 Å². The van der Waals surface area contributed by atoms with Crippen LogP contribution in [0.2, 0.25) is 0 Å². The fourth-order valence-corrected chi connectivity index (χ4v) is 3.90. The lowest BCUT2D eigenvalue weighted by Gasteiger charge is -2.29. The molecule has 0 radical (unpaired) electrons. The first-order valence-electron chi connectivity index (χ1n) is 11.5. The van der Waals surface area contributed by atoms with Crippen LogP contribution in [0, 0.1) is 0 Å². The molecule has 1 aliphatic heterocycles. The Kier molecular flexibility index (Phi) is 7.75. The van der Waals surface area contributed by atoms with E-state index in [9.17, 15) is 4.79 Å². The number of hydrogen-bond donors (Lipinski definition) is 1. The van der Waals surface area contributed by atoms with Crippen LogP contribution < -0.4 is 10.2 Å². The van der Waals surface area contributed by atoms with Crippen LogP contribution in [0.4, 0.5) is 11.4 Å². The normalized spacial score (nSPS) is 14.9. The highest BCUT2D eigenvalue weighted by atomic mass is 16.5. The number of morpholine rings is 1. The maximum absolute atomic E-state index is 12.7. The van der Waals surface area contributed by atoms with Crippen molar-refractivity contribution in [2.45, 2.75) is 25.8 Å². The van der Waals surface area contributed by atoms with E-state index >= 15 is 0 Å². The van der Waals surface area contributed by atoms with E-state index in [0.717, 1.165) is 74.1 Å². The van der Waals surface area contributed by atoms with Gasteiger partial charge in [-0.15, -0.1) is 0 Å². The van der Waals surface area contributed by atoms with Crippen molar-refractivity contribution in [2.24, 2.45) is 0 Å². The van der Waals surface area contributed by atoms with E-state index in [1.54, 1.807) is 0 Å². The molecule has 2 aromatic carbocycles. The second kappa shape index (κ2) is 11.1. The average Bonchev–Trinajstić information content (AvgIpc) is 3.34. The summed E-state index contributed by atoms with van der Waals surface area (Å²) in [5.41, 5.74) is 3.87. The summed E-state index contributed by atoms with van der Waals surface area (Å²) in [5, 5.41) is 7.20. The van der Waals surface area contributed by atoms with Crippen LogP contribution in [0.15, 0.2) is 65.2 Å². The van der Waals surface area contributed by atoms with E-state index in [2.05, 4.69) is 32.4 Å². The van der Waals surface area contributed by atoms with Gasteiger partial charge in [0.2, 0.25) is 5.91 Å². The van der Waals surface area contributed by atoms with Crippen LogP contribution in [0.1, 0.15) is 19.1 Å². The van der Waals surface area contributed by atoms with Gasteiger partial charge in [0, 0.05) is 42.5 Å². The zero-order valence-electron chi connectivity index (χ0n) is 19.4. The number of carbonyl (C=O) groups excluding carboxylic acids is 1. The summed E-state index contributed by atoms with van der Waals surface area (Å²) < 4.78 is 10.9. The van der Waals surface area contributed by atoms with E-state index in [0.29, 0.717) is 0 Å². The minimum Gasteiger partial charge on any atom is -0.378 e. The number of anilines is 2. The Morgan fingerprint density at radius 1 is 1.12 bits per heavy atom. The topological polar surface area (TPSA) is 70.8 Å². The number of aryl methyl sites for hydroxylation is 1. The van der Waals surface area contributed by atoms with Gasteiger partial charge in [-0.25, -0.2) is 0 Å². The monoisotopic (exact) mass is 448 g/mol. The Bertz CT molecular complexity index is 1010. The first-order valence-corrected chi connectivity index (χ1v) is 11.5. The highest BCUT2D eigenvalue weighted by molar-refractivity contribution is 5.94. The summed E-state index contributed by atoms with van der Waals surface area (Å²) in [4.78, 5) is 17.1. The van der Waals surface area contributed by atoms with E-state index < -0.39 is 0 Å². The summed E-state index contributed by atoms with van der Waals surface area (Å²) in [6, 6.07) is 19.8. The van der Waals surface area contributed by atoms with E-state index in [1.807, 2.05) is 62.5 Å². The summed E-state index contributed by atoms with van der Waals surface area (Å²) >= 11 is 0. The average molecular weight is 449 g/mol. The predicted octanol–water partition coefficient (Wildman–Crippen LogP) is 4.07. The van der Waals surface area contributed by atoms with Crippen molar-refractivity contribution in [2.75, 3.05) is 50.1 Å². The molecule has 1 saturated heterocycles. The highest BCUT2D eigenvalue weighted by Crippen LogP contribution is 2.20. The molecule has 1 aromatic heterocycles. The molecule has 2 heterocycles. The van der Waals surface area contributed by atoms with Crippen molar-refractivity contribution in [1.82, 2.24) is 10.1 Å². The van der Waals surface area contributed by atoms with Gasteiger partial charge in [0.05, 0.1) is 19.3 Å². The van der Waals surface area contributed by atoms with E-state index in [-0.39, 0.29) is 11.9 Å². The summed E-state index contributed by atoms with van der Waals surface area (Å²) in [7, 11) is 1.97. The summed E-state index contributed by atoms with van der Waals surface area (Å²) in [6.07, 6.45) is 1.66. The number of amides is 1. The lowest BCUT2D eigenvalue weighted by molar-refractivity contribution is -0.120. The summed E-state index contributed by atoms with van der Waals surface area (Å²) in [6.45, 7) is 6.02.